The SMILES string of the molecule is CCC1CCc2c(C(=O)Nc3cc(Cl)cc(Cl)c3)csc2C1. The predicted molar refractivity (Wildman–Crippen MR) is 94.5 cm³/mol. The van der Waals surface area contributed by atoms with Crippen molar-refractivity contribution in [2.45, 2.75) is 32.6 Å². The summed E-state index contributed by atoms with van der Waals surface area (Å²) in [6.07, 6.45) is 4.48. The Bertz CT molecular complexity index is 690. The highest BCUT2D eigenvalue weighted by Gasteiger charge is 2.24. The highest BCUT2D eigenvalue weighted by Crippen LogP contribution is 2.34. The maximum atomic E-state index is 12.5. The Morgan fingerprint density at radius 2 is 2.05 bits per heavy atom. The van der Waals surface area contributed by atoms with Crippen LogP contribution in [0.2, 0.25) is 10.0 Å². The van der Waals surface area contributed by atoms with Gasteiger partial charge in [-0.15, -0.1) is 11.3 Å². The van der Waals surface area contributed by atoms with Crippen LogP contribution in [0, 0.1) is 5.92 Å². The first kappa shape index (κ1) is 15.9. The predicted octanol–water partition coefficient (Wildman–Crippen LogP) is 5.82. The van der Waals surface area contributed by atoms with E-state index in [9.17, 15) is 4.79 Å². The molecule has 2 aromatic rings. The second kappa shape index (κ2) is 6.61. The molecule has 1 unspecified atom stereocenters. The quantitative estimate of drug-likeness (QED) is 0.739. The van der Waals surface area contributed by atoms with Crippen LogP contribution >= 0.6 is 34.5 Å². The smallest absolute Gasteiger partial charge is 0.256 e. The summed E-state index contributed by atoms with van der Waals surface area (Å²) in [6, 6.07) is 5.06. The second-order valence-electron chi connectivity index (χ2n) is 5.68. The minimum atomic E-state index is -0.0780. The van der Waals surface area contributed by atoms with Crippen molar-refractivity contribution >= 4 is 46.1 Å². The van der Waals surface area contributed by atoms with E-state index in [2.05, 4.69) is 12.2 Å². The third-order valence-corrected chi connectivity index (χ3v) is 5.69. The van der Waals surface area contributed by atoms with Crippen molar-refractivity contribution in [2.24, 2.45) is 5.92 Å². The Balaban J connectivity index is 1.80. The van der Waals surface area contributed by atoms with Gasteiger partial charge < -0.3 is 5.32 Å². The van der Waals surface area contributed by atoms with E-state index in [0.717, 1.165) is 24.3 Å². The summed E-state index contributed by atoms with van der Waals surface area (Å²) in [4.78, 5) is 13.9. The average molecular weight is 354 g/mol. The lowest BCUT2D eigenvalue weighted by Crippen LogP contribution is -2.17. The molecule has 1 aliphatic rings. The summed E-state index contributed by atoms with van der Waals surface area (Å²) >= 11 is 13.6. The van der Waals surface area contributed by atoms with Gasteiger partial charge in [-0.25, -0.2) is 0 Å². The van der Waals surface area contributed by atoms with E-state index in [1.54, 1.807) is 29.5 Å². The summed E-state index contributed by atoms with van der Waals surface area (Å²) in [5.74, 6) is 0.680. The van der Waals surface area contributed by atoms with Crippen LogP contribution < -0.4 is 5.32 Å². The van der Waals surface area contributed by atoms with Gasteiger partial charge in [0.25, 0.3) is 5.91 Å². The van der Waals surface area contributed by atoms with Crippen LogP contribution in [0.25, 0.3) is 0 Å². The molecule has 0 fully saturated rings. The minimum Gasteiger partial charge on any atom is -0.322 e. The molecule has 22 heavy (non-hydrogen) atoms. The van der Waals surface area contributed by atoms with Gasteiger partial charge in [-0.3, -0.25) is 4.79 Å². The molecule has 1 aliphatic carbocycles. The number of hydrogen-bond acceptors (Lipinski definition) is 2. The fourth-order valence-corrected chi connectivity index (χ4v) is 4.67. The van der Waals surface area contributed by atoms with Crippen molar-refractivity contribution in [3.8, 4) is 0 Å². The van der Waals surface area contributed by atoms with Gasteiger partial charge in [-0.2, -0.15) is 0 Å². The number of nitrogens with one attached hydrogen (secondary N) is 1. The lowest BCUT2D eigenvalue weighted by atomic mass is 9.86. The molecule has 0 saturated carbocycles. The Labute approximate surface area is 144 Å². The Kier molecular flexibility index (Phi) is 4.76. The number of amides is 1. The summed E-state index contributed by atoms with van der Waals surface area (Å²) in [6.45, 7) is 2.24. The van der Waals surface area contributed by atoms with E-state index >= 15 is 0 Å². The van der Waals surface area contributed by atoms with Gasteiger partial charge in [0.1, 0.15) is 0 Å². The Morgan fingerprint density at radius 1 is 1.32 bits per heavy atom. The maximum absolute atomic E-state index is 12.5. The first-order chi connectivity index (χ1) is 10.6. The van der Waals surface area contributed by atoms with Gasteiger partial charge in [-0.05, 0) is 48.9 Å². The number of carbonyl (C=O) groups is 1. The number of thiophene rings is 1. The zero-order valence-corrected chi connectivity index (χ0v) is 14.6. The van der Waals surface area contributed by atoms with Gasteiger partial charge in [-0.1, -0.05) is 36.5 Å². The number of benzene rings is 1. The van der Waals surface area contributed by atoms with Gasteiger partial charge in [0.2, 0.25) is 0 Å². The molecule has 1 amide bonds. The molecule has 1 aromatic heterocycles. The molecule has 0 spiro atoms. The molecule has 0 radical (unpaired) electrons. The van der Waals surface area contributed by atoms with E-state index in [1.807, 2.05) is 5.38 Å². The number of carbonyl (C=O) groups excluding carboxylic acids is 1. The molecule has 1 atom stereocenters. The molecule has 2 nitrogen and oxygen atoms in total. The summed E-state index contributed by atoms with van der Waals surface area (Å²) in [7, 11) is 0. The Hall–Kier alpha value is -1.03. The third kappa shape index (κ3) is 3.32. The van der Waals surface area contributed by atoms with Gasteiger partial charge in [0, 0.05) is 26.0 Å². The highest BCUT2D eigenvalue weighted by atomic mass is 35.5. The highest BCUT2D eigenvalue weighted by molar-refractivity contribution is 7.10. The van der Waals surface area contributed by atoms with Crippen LogP contribution in [-0.2, 0) is 12.8 Å². The van der Waals surface area contributed by atoms with Crippen molar-refractivity contribution in [2.75, 3.05) is 5.32 Å². The normalized spacial score (nSPS) is 17.1. The summed E-state index contributed by atoms with van der Waals surface area (Å²) in [5, 5.41) is 5.91. The number of hydrogen-bond donors (Lipinski definition) is 1. The van der Waals surface area contributed by atoms with Crippen molar-refractivity contribution in [3.63, 3.8) is 0 Å². The molecular formula is C17H17Cl2NOS. The number of halogens is 2. The first-order valence-corrected chi connectivity index (χ1v) is 9.07. The van der Waals surface area contributed by atoms with Crippen LogP contribution in [0.1, 0.15) is 40.6 Å². The van der Waals surface area contributed by atoms with Gasteiger partial charge in [0.15, 0.2) is 0 Å². The summed E-state index contributed by atoms with van der Waals surface area (Å²) < 4.78 is 0. The maximum Gasteiger partial charge on any atom is 0.256 e. The van der Waals surface area contributed by atoms with Crippen LogP contribution in [0.3, 0.4) is 0 Å². The van der Waals surface area contributed by atoms with Crippen LogP contribution in [0.5, 0.6) is 0 Å². The Morgan fingerprint density at radius 3 is 2.73 bits per heavy atom. The number of fused-ring (bicyclic) bond motifs is 1. The van der Waals surface area contributed by atoms with Crippen LogP contribution in [-0.4, -0.2) is 5.91 Å². The molecule has 5 heteroatoms. The zero-order chi connectivity index (χ0) is 15.7. The fourth-order valence-electron chi connectivity index (χ4n) is 2.94. The number of anilines is 1. The van der Waals surface area contributed by atoms with Gasteiger partial charge in [0.05, 0.1) is 5.56 Å². The second-order valence-corrected chi connectivity index (χ2v) is 7.52. The van der Waals surface area contributed by atoms with Crippen molar-refractivity contribution in [3.05, 3.63) is 49.6 Å². The number of rotatable bonds is 3. The standard InChI is InChI=1S/C17H17Cl2NOS/c1-2-10-3-4-14-15(9-22-16(14)5-10)17(21)20-13-7-11(18)6-12(19)8-13/h6-10H,2-5H2,1H3,(H,20,21). The lowest BCUT2D eigenvalue weighted by molar-refractivity contribution is 0.102. The van der Waals surface area contributed by atoms with Crippen LogP contribution in [0.4, 0.5) is 5.69 Å². The monoisotopic (exact) mass is 353 g/mol. The van der Waals surface area contributed by atoms with E-state index in [1.165, 1.54) is 23.3 Å². The molecule has 1 heterocycles. The third-order valence-electron chi connectivity index (χ3n) is 4.20. The van der Waals surface area contributed by atoms with Crippen LogP contribution in [0.15, 0.2) is 23.6 Å². The molecule has 0 bridgehead atoms. The summed E-state index contributed by atoms with van der Waals surface area (Å²) in [5.41, 5.74) is 2.65. The zero-order valence-electron chi connectivity index (χ0n) is 12.3. The topological polar surface area (TPSA) is 29.1 Å². The lowest BCUT2D eigenvalue weighted by Gasteiger charge is -2.21. The van der Waals surface area contributed by atoms with E-state index < -0.39 is 0 Å². The van der Waals surface area contributed by atoms with E-state index in [4.69, 9.17) is 23.2 Å². The van der Waals surface area contributed by atoms with E-state index in [0.29, 0.717) is 15.7 Å². The molecule has 1 aromatic carbocycles. The molecule has 3 rings (SSSR count). The van der Waals surface area contributed by atoms with Crippen molar-refractivity contribution in [1.29, 1.82) is 0 Å². The largest absolute Gasteiger partial charge is 0.322 e. The minimum absolute atomic E-state index is 0.0780. The molecule has 0 saturated heterocycles. The van der Waals surface area contributed by atoms with E-state index in [-0.39, 0.29) is 5.91 Å². The molecule has 0 aliphatic heterocycles. The van der Waals surface area contributed by atoms with Crippen molar-refractivity contribution in [1.82, 2.24) is 0 Å². The first-order valence-electron chi connectivity index (χ1n) is 7.43. The van der Waals surface area contributed by atoms with Gasteiger partial charge >= 0.3 is 0 Å². The van der Waals surface area contributed by atoms with Crippen molar-refractivity contribution < 1.29 is 4.79 Å². The molecular weight excluding hydrogens is 337 g/mol. The molecule has 116 valence electrons. The fraction of sp³-hybridized carbons (Fsp3) is 0.353. The average Bonchev–Trinajstić information content (AvgIpc) is 2.88. The molecule has 1 N–H and O–H groups in total.